The SMILES string of the molecule is CCNC(=NCc1ccccc1)NCC(C)(C)S(C)(=O)=O. The molecule has 1 aromatic carbocycles. The Morgan fingerprint density at radius 1 is 1.19 bits per heavy atom. The molecule has 2 N–H and O–H groups in total. The van der Waals surface area contributed by atoms with Crippen LogP contribution in [-0.4, -0.2) is 38.5 Å². The number of hydrogen-bond acceptors (Lipinski definition) is 3. The minimum atomic E-state index is -3.13. The molecule has 0 spiro atoms. The molecule has 0 aliphatic heterocycles. The minimum Gasteiger partial charge on any atom is -0.357 e. The Hall–Kier alpha value is -1.56. The maximum absolute atomic E-state index is 11.7. The predicted octanol–water partition coefficient (Wildman–Crippen LogP) is 1.56. The molecule has 0 unspecified atom stereocenters. The normalized spacial score (nSPS) is 13.0. The summed E-state index contributed by atoms with van der Waals surface area (Å²) in [5.74, 6) is 0.623. The van der Waals surface area contributed by atoms with Gasteiger partial charge in [0.1, 0.15) is 0 Å². The Morgan fingerprint density at radius 3 is 2.33 bits per heavy atom. The summed E-state index contributed by atoms with van der Waals surface area (Å²) in [5, 5.41) is 6.22. The molecule has 0 saturated carbocycles. The van der Waals surface area contributed by atoms with Crippen molar-refractivity contribution in [3.63, 3.8) is 0 Å². The number of nitrogens with one attached hydrogen (secondary N) is 2. The van der Waals surface area contributed by atoms with Crippen LogP contribution >= 0.6 is 0 Å². The van der Waals surface area contributed by atoms with Crippen molar-refractivity contribution < 1.29 is 8.42 Å². The molecule has 5 nitrogen and oxygen atoms in total. The molecule has 0 bridgehead atoms. The third-order valence-corrected chi connectivity index (χ3v) is 5.44. The second-order valence-corrected chi connectivity index (χ2v) is 8.22. The Morgan fingerprint density at radius 2 is 1.81 bits per heavy atom. The number of guanidine groups is 1. The van der Waals surface area contributed by atoms with Crippen LogP contribution in [0.3, 0.4) is 0 Å². The second-order valence-electron chi connectivity index (χ2n) is 5.57. The highest BCUT2D eigenvalue weighted by molar-refractivity contribution is 7.92. The van der Waals surface area contributed by atoms with Crippen LogP contribution in [0.25, 0.3) is 0 Å². The fourth-order valence-corrected chi connectivity index (χ4v) is 1.86. The van der Waals surface area contributed by atoms with E-state index in [1.165, 1.54) is 6.26 Å². The molecule has 21 heavy (non-hydrogen) atoms. The smallest absolute Gasteiger partial charge is 0.191 e. The highest BCUT2D eigenvalue weighted by atomic mass is 32.2. The van der Waals surface area contributed by atoms with E-state index < -0.39 is 14.6 Å². The van der Waals surface area contributed by atoms with Crippen LogP contribution < -0.4 is 10.6 Å². The number of hydrogen-bond donors (Lipinski definition) is 2. The van der Waals surface area contributed by atoms with Crippen LogP contribution in [-0.2, 0) is 16.4 Å². The summed E-state index contributed by atoms with van der Waals surface area (Å²) in [6.07, 6.45) is 1.25. The van der Waals surface area contributed by atoms with Crippen molar-refractivity contribution in [3.8, 4) is 0 Å². The summed E-state index contributed by atoms with van der Waals surface area (Å²) < 4.78 is 22.6. The largest absolute Gasteiger partial charge is 0.357 e. The maximum atomic E-state index is 11.7. The average molecular weight is 311 g/mol. The van der Waals surface area contributed by atoms with Gasteiger partial charge in [-0.15, -0.1) is 0 Å². The molecule has 0 aromatic heterocycles. The summed E-state index contributed by atoms with van der Waals surface area (Å²) in [4.78, 5) is 4.47. The molecule has 0 saturated heterocycles. The minimum absolute atomic E-state index is 0.312. The molecule has 0 heterocycles. The maximum Gasteiger partial charge on any atom is 0.191 e. The molecule has 1 rings (SSSR count). The summed E-state index contributed by atoms with van der Waals surface area (Å²) in [6, 6.07) is 9.92. The van der Waals surface area contributed by atoms with Crippen molar-refractivity contribution >= 4 is 15.8 Å². The average Bonchev–Trinajstić information content (AvgIpc) is 2.42. The summed E-state index contributed by atoms with van der Waals surface area (Å²) >= 11 is 0. The van der Waals surface area contributed by atoms with Crippen LogP contribution in [0.5, 0.6) is 0 Å². The van der Waals surface area contributed by atoms with Gasteiger partial charge < -0.3 is 10.6 Å². The summed E-state index contributed by atoms with van der Waals surface area (Å²) in [5.41, 5.74) is 1.11. The molecule has 118 valence electrons. The van der Waals surface area contributed by atoms with E-state index in [-0.39, 0.29) is 0 Å². The lowest BCUT2D eigenvalue weighted by molar-refractivity contribution is 0.544. The number of benzene rings is 1. The van der Waals surface area contributed by atoms with Crippen LogP contribution in [0.2, 0.25) is 0 Å². The van der Waals surface area contributed by atoms with Crippen LogP contribution in [0.4, 0.5) is 0 Å². The van der Waals surface area contributed by atoms with Crippen molar-refractivity contribution in [1.29, 1.82) is 0 Å². The van der Waals surface area contributed by atoms with Gasteiger partial charge in [-0.1, -0.05) is 30.3 Å². The topological polar surface area (TPSA) is 70.6 Å². The Labute approximate surface area is 127 Å². The highest BCUT2D eigenvalue weighted by Crippen LogP contribution is 2.13. The van der Waals surface area contributed by atoms with Gasteiger partial charge in [-0.2, -0.15) is 0 Å². The highest BCUT2D eigenvalue weighted by Gasteiger charge is 2.30. The monoisotopic (exact) mass is 311 g/mol. The van der Waals surface area contributed by atoms with Crippen LogP contribution in [0, 0.1) is 0 Å². The molecule has 0 amide bonds. The standard InChI is InChI=1S/C15H25N3O2S/c1-5-16-14(17-11-13-9-7-6-8-10-13)18-12-15(2,3)21(4,19)20/h6-10H,5,11-12H2,1-4H3,(H2,16,17,18). The van der Waals surface area contributed by atoms with E-state index >= 15 is 0 Å². The lowest BCUT2D eigenvalue weighted by Crippen LogP contribution is -2.47. The molecule has 1 aromatic rings. The van der Waals surface area contributed by atoms with Gasteiger partial charge in [-0.05, 0) is 26.3 Å². The van der Waals surface area contributed by atoms with Gasteiger partial charge in [0.2, 0.25) is 0 Å². The quantitative estimate of drug-likeness (QED) is 0.618. The van der Waals surface area contributed by atoms with E-state index in [4.69, 9.17) is 0 Å². The van der Waals surface area contributed by atoms with Crippen LogP contribution in [0.1, 0.15) is 26.3 Å². The van der Waals surface area contributed by atoms with Gasteiger partial charge in [0.05, 0.1) is 11.3 Å². The first-order valence-corrected chi connectivity index (χ1v) is 8.91. The fraction of sp³-hybridized carbons (Fsp3) is 0.533. The van der Waals surface area contributed by atoms with E-state index in [0.717, 1.165) is 12.1 Å². The molecular weight excluding hydrogens is 286 g/mol. The van der Waals surface area contributed by atoms with E-state index in [1.54, 1.807) is 13.8 Å². The van der Waals surface area contributed by atoms with E-state index in [2.05, 4.69) is 15.6 Å². The van der Waals surface area contributed by atoms with Gasteiger partial charge in [-0.3, -0.25) is 0 Å². The third kappa shape index (κ3) is 5.75. The van der Waals surface area contributed by atoms with Gasteiger partial charge in [0.25, 0.3) is 0 Å². The van der Waals surface area contributed by atoms with Crippen LogP contribution in [0.15, 0.2) is 35.3 Å². The van der Waals surface area contributed by atoms with E-state index in [0.29, 0.717) is 19.0 Å². The van der Waals surface area contributed by atoms with E-state index in [9.17, 15) is 8.42 Å². The summed E-state index contributed by atoms with van der Waals surface area (Å²) in [6.45, 7) is 6.97. The lowest BCUT2D eigenvalue weighted by Gasteiger charge is -2.24. The first-order valence-electron chi connectivity index (χ1n) is 7.02. The van der Waals surface area contributed by atoms with Gasteiger partial charge in [0, 0.05) is 19.3 Å². The van der Waals surface area contributed by atoms with Crippen molar-refractivity contribution in [2.24, 2.45) is 4.99 Å². The molecule has 0 aliphatic rings. The zero-order valence-electron chi connectivity index (χ0n) is 13.2. The van der Waals surface area contributed by atoms with Gasteiger partial charge >= 0.3 is 0 Å². The number of aliphatic imine (C=N–C) groups is 1. The number of rotatable bonds is 6. The Kier molecular flexibility index (Phi) is 6.20. The predicted molar refractivity (Wildman–Crippen MR) is 88.2 cm³/mol. The number of nitrogens with zero attached hydrogens (tertiary/aromatic N) is 1. The van der Waals surface area contributed by atoms with Gasteiger partial charge in [0.15, 0.2) is 15.8 Å². The first kappa shape index (κ1) is 17.5. The van der Waals surface area contributed by atoms with Crippen molar-refractivity contribution in [2.45, 2.75) is 32.1 Å². The molecular formula is C15H25N3O2S. The Bertz CT molecular complexity index is 566. The third-order valence-electron chi connectivity index (χ3n) is 3.29. The zero-order valence-corrected chi connectivity index (χ0v) is 14.0. The molecule has 6 heteroatoms. The fourth-order valence-electron chi connectivity index (χ4n) is 1.52. The number of sulfone groups is 1. The molecule has 0 atom stereocenters. The molecule has 0 fully saturated rings. The van der Waals surface area contributed by atoms with Gasteiger partial charge in [-0.25, -0.2) is 13.4 Å². The van der Waals surface area contributed by atoms with Crippen molar-refractivity contribution in [2.75, 3.05) is 19.3 Å². The summed E-state index contributed by atoms with van der Waals surface area (Å²) in [7, 11) is -3.13. The first-order chi connectivity index (χ1) is 9.76. The zero-order chi connectivity index (χ0) is 15.9. The van der Waals surface area contributed by atoms with Crippen molar-refractivity contribution in [3.05, 3.63) is 35.9 Å². The Balaban J connectivity index is 2.70. The van der Waals surface area contributed by atoms with Crippen molar-refractivity contribution in [1.82, 2.24) is 10.6 Å². The second kappa shape index (κ2) is 7.45. The van der Waals surface area contributed by atoms with E-state index in [1.807, 2.05) is 37.3 Å². The molecule has 0 radical (unpaired) electrons. The lowest BCUT2D eigenvalue weighted by atomic mass is 10.2. The molecule has 0 aliphatic carbocycles.